The standard InChI is InChI=1S/C16H20N2O/c1-15(2,3)16(11-18-10-9-17-12-18)14(19-16)13-7-5-4-6-8-13/h4-10,12,14H,11H2,1-3H3. The zero-order valence-corrected chi connectivity index (χ0v) is 11.7. The summed E-state index contributed by atoms with van der Waals surface area (Å²) in [4.78, 5) is 4.12. The summed E-state index contributed by atoms with van der Waals surface area (Å²) < 4.78 is 8.29. The zero-order valence-electron chi connectivity index (χ0n) is 11.7. The van der Waals surface area contributed by atoms with Crippen LogP contribution in [0.4, 0.5) is 0 Å². The molecule has 0 amide bonds. The van der Waals surface area contributed by atoms with E-state index in [9.17, 15) is 0 Å². The van der Waals surface area contributed by atoms with Crippen LogP contribution in [0.25, 0.3) is 0 Å². The van der Waals surface area contributed by atoms with Crippen LogP contribution in [0, 0.1) is 5.41 Å². The number of nitrogens with zero attached hydrogens (tertiary/aromatic N) is 2. The van der Waals surface area contributed by atoms with Crippen molar-refractivity contribution in [2.24, 2.45) is 5.41 Å². The Morgan fingerprint density at radius 3 is 2.58 bits per heavy atom. The Balaban J connectivity index is 1.90. The van der Waals surface area contributed by atoms with Gasteiger partial charge >= 0.3 is 0 Å². The van der Waals surface area contributed by atoms with Gasteiger partial charge in [0.05, 0.1) is 12.9 Å². The van der Waals surface area contributed by atoms with Gasteiger partial charge in [-0.2, -0.15) is 0 Å². The predicted octanol–water partition coefficient (Wildman–Crippen LogP) is 3.44. The van der Waals surface area contributed by atoms with Crippen molar-refractivity contribution in [1.29, 1.82) is 0 Å². The van der Waals surface area contributed by atoms with Gasteiger partial charge in [-0.3, -0.25) is 0 Å². The van der Waals surface area contributed by atoms with E-state index in [1.54, 1.807) is 0 Å². The molecule has 2 unspecified atom stereocenters. The minimum atomic E-state index is -0.144. The third kappa shape index (κ3) is 2.08. The van der Waals surface area contributed by atoms with Crippen LogP contribution in [0.2, 0.25) is 0 Å². The largest absolute Gasteiger partial charge is 0.358 e. The Bertz CT molecular complexity index is 542. The first-order valence-electron chi connectivity index (χ1n) is 6.71. The first-order valence-corrected chi connectivity index (χ1v) is 6.71. The molecule has 2 aromatic rings. The third-order valence-electron chi connectivity index (χ3n) is 4.04. The first kappa shape index (κ1) is 12.4. The van der Waals surface area contributed by atoms with E-state index >= 15 is 0 Å². The summed E-state index contributed by atoms with van der Waals surface area (Å²) in [7, 11) is 0. The average molecular weight is 256 g/mol. The van der Waals surface area contributed by atoms with Crippen molar-refractivity contribution in [3.8, 4) is 0 Å². The molecule has 0 spiro atoms. The summed E-state index contributed by atoms with van der Waals surface area (Å²) in [6.07, 6.45) is 5.85. The summed E-state index contributed by atoms with van der Waals surface area (Å²) in [5.41, 5.74) is 1.20. The van der Waals surface area contributed by atoms with Crippen molar-refractivity contribution in [1.82, 2.24) is 9.55 Å². The van der Waals surface area contributed by atoms with Crippen molar-refractivity contribution in [2.75, 3.05) is 0 Å². The quantitative estimate of drug-likeness (QED) is 0.787. The van der Waals surface area contributed by atoms with Gasteiger partial charge in [-0.05, 0) is 11.0 Å². The minimum absolute atomic E-state index is 0.0811. The Morgan fingerprint density at radius 1 is 1.26 bits per heavy atom. The summed E-state index contributed by atoms with van der Waals surface area (Å²) >= 11 is 0. The van der Waals surface area contributed by atoms with Crippen LogP contribution in [0.1, 0.15) is 32.4 Å². The number of epoxide rings is 1. The summed E-state index contributed by atoms with van der Waals surface area (Å²) in [6.45, 7) is 7.57. The molecule has 0 bridgehead atoms. The van der Waals surface area contributed by atoms with Crippen LogP contribution >= 0.6 is 0 Å². The van der Waals surface area contributed by atoms with E-state index in [1.165, 1.54) is 5.56 Å². The van der Waals surface area contributed by atoms with Crippen LogP contribution in [0.3, 0.4) is 0 Å². The number of rotatable bonds is 3. The second-order valence-electron chi connectivity index (χ2n) is 6.28. The second-order valence-corrected chi connectivity index (χ2v) is 6.28. The smallest absolute Gasteiger partial charge is 0.122 e. The van der Waals surface area contributed by atoms with Crippen LogP contribution < -0.4 is 0 Å². The Morgan fingerprint density at radius 2 is 2.00 bits per heavy atom. The van der Waals surface area contributed by atoms with Crippen molar-refractivity contribution in [3.63, 3.8) is 0 Å². The highest BCUT2D eigenvalue weighted by Gasteiger charge is 2.64. The topological polar surface area (TPSA) is 30.4 Å². The Kier molecular flexibility index (Phi) is 2.75. The van der Waals surface area contributed by atoms with Crippen molar-refractivity contribution in [2.45, 2.75) is 39.0 Å². The molecular weight excluding hydrogens is 236 g/mol. The lowest BCUT2D eigenvalue weighted by atomic mass is 9.76. The number of ether oxygens (including phenoxy) is 1. The monoisotopic (exact) mass is 256 g/mol. The van der Waals surface area contributed by atoms with Crippen molar-refractivity contribution in [3.05, 3.63) is 54.6 Å². The molecule has 100 valence electrons. The molecule has 3 nitrogen and oxygen atoms in total. The van der Waals surface area contributed by atoms with Gasteiger partial charge < -0.3 is 9.30 Å². The molecule has 2 heterocycles. The zero-order chi connectivity index (χ0) is 13.5. The molecular formula is C16H20N2O. The van der Waals surface area contributed by atoms with Crippen LogP contribution in [0.5, 0.6) is 0 Å². The predicted molar refractivity (Wildman–Crippen MR) is 74.7 cm³/mol. The molecule has 19 heavy (non-hydrogen) atoms. The van der Waals surface area contributed by atoms with E-state index in [4.69, 9.17) is 4.74 Å². The van der Waals surface area contributed by atoms with Gasteiger partial charge in [0.25, 0.3) is 0 Å². The van der Waals surface area contributed by atoms with Crippen molar-refractivity contribution >= 4 is 0 Å². The van der Waals surface area contributed by atoms with Gasteiger partial charge in [-0.15, -0.1) is 0 Å². The number of hydrogen-bond donors (Lipinski definition) is 0. The van der Waals surface area contributed by atoms with E-state index in [0.29, 0.717) is 0 Å². The third-order valence-corrected chi connectivity index (χ3v) is 4.04. The van der Waals surface area contributed by atoms with E-state index in [2.05, 4.69) is 54.6 Å². The molecule has 0 N–H and O–H groups in total. The van der Waals surface area contributed by atoms with Gasteiger partial charge in [0.1, 0.15) is 11.7 Å². The van der Waals surface area contributed by atoms with E-state index in [1.807, 2.05) is 24.8 Å². The number of hydrogen-bond acceptors (Lipinski definition) is 2. The van der Waals surface area contributed by atoms with E-state index in [0.717, 1.165) is 6.54 Å². The lowest BCUT2D eigenvalue weighted by Crippen LogP contribution is -2.35. The molecule has 0 aliphatic carbocycles. The van der Waals surface area contributed by atoms with Crippen LogP contribution in [-0.4, -0.2) is 15.2 Å². The number of benzene rings is 1. The molecule has 1 saturated heterocycles. The summed E-state index contributed by atoms with van der Waals surface area (Å²) in [5, 5.41) is 0. The van der Waals surface area contributed by atoms with E-state index in [-0.39, 0.29) is 17.1 Å². The first-order chi connectivity index (χ1) is 9.03. The number of imidazole rings is 1. The summed E-state index contributed by atoms with van der Waals surface area (Å²) in [5.74, 6) is 0. The maximum absolute atomic E-state index is 6.18. The van der Waals surface area contributed by atoms with Crippen LogP contribution in [0.15, 0.2) is 49.1 Å². The molecule has 3 rings (SSSR count). The molecule has 2 atom stereocenters. The van der Waals surface area contributed by atoms with Gasteiger partial charge in [0.15, 0.2) is 0 Å². The fraction of sp³-hybridized carbons (Fsp3) is 0.438. The second kappa shape index (κ2) is 4.20. The summed E-state index contributed by atoms with van der Waals surface area (Å²) in [6, 6.07) is 10.5. The normalized spacial score (nSPS) is 26.4. The highest BCUT2D eigenvalue weighted by molar-refractivity contribution is 5.28. The fourth-order valence-electron chi connectivity index (χ4n) is 2.72. The van der Waals surface area contributed by atoms with Gasteiger partial charge in [0.2, 0.25) is 0 Å². The molecule has 1 fully saturated rings. The minimum Gasteiger partial charge on any atom is -0.358 e. The van der Waals surface area contributed by atoms with Gasteiger partial charge in [-0.25, -0.2) is 4.98 Å². The van der Waals surface area contributed by atoms with Crippen LogP contribution in [-0.2, 0) is 11.3 Å². The molecule has 1 aromatic heterocycles. The fourth-order valence-corrected chi connectivity index (χ4v) is 2.72. The Hall–Kier alpha value is -1.61. The maximum Gasteiger partial charge on any atom is 0.122 e. The Labute approximate surface area is 114 Å². The van der Waals surface area contributed by atoms with Gasteiger partial charge in [0, 0.05) is 12.4 Å². The SMILES string of the molecule is CC(C)(C)C1(Cn2ccnc2)OC1c1ccccc1. The highest BCUT2D eigenvalue weighted by Crippen LogP contribution is 2.60. The molecule has 0 radical (unpaired) electrons. The molecule has 1 aromatic carbocycles. The molecule has 0 saturated carbocycles. The molecule has 1 aliphatic rings. The lowest BCUT2D eigenvalue weighted by molar-refractivity contribution is 0.135. The van der Waals surface area contributed by atoms with Crippen molar-refractivity contribution < 1.29 is 4.74 Å². The van der Waals surface area contributed by atoms with E-state index < -0.39 is 0 Å². The number of aromatic nitrogens is 2. The average Bonchev–Trinajstić information content (AvgIpc) is 2.89. The van der Waals surface area contributed by atoms with Gasteiger partial charge in [-0.1, -0.05) is 51.1 Å². The molecule has 1 aliphatic heterocycles. The molecule has 3 heteroatoms. The highest BCUT2D eigenvalue weighted by atomic mass is 16.6. The maximum atomic E-state index is 6.18. The lowest BCUT2D eigenvalue weighted by Gasteiger charge is -2.28.